The number of ether oxygens (including phenoxy) is 1. The monoisotopic (exact) mass is 382 g/mol. The maximum absolute atomic E-state index is 6.97. The molecule has 0 aromatic carbocycles. The zero-order valence-corrected chi connectivity index (χ0v) is 16.5. The van der Waals surface area contributed by atoms with E-state index in [2.05, 4.69) is 37.9 Å². The van der Waals surface area contributed by atoms with Crippen molar-refractivity contribution in [3.8, 4) is 0 Å². The molecule has 0 saturated carbocycles. The first-order chi connectivity index (χ1) is 8.39. The third-order valence-electron chi connectivity index (χ3n) is 3.19. The van der Waals surface area contributed by atoms with Crippen LogP contribution in [0.1, 0.15) is 60.3 Å². The molecule has 0 aromatic heterocycles. The van der Waals surface area contributed by atoms with E-state index in [1.54, 1.807) is 0 Å². The molecular weight excluding hydrogens is 350 g/mol. The van der Waals surface area contributed by atoms with Crippen molar-refractivity contribution in [1.82, 2.24) is 0 Å². The quantitative estimate of drug-likeness (QED) is 0.442. The van der Waals surface area contributed by atoms with Gasteiger partial charge in [0.05, 0.1) is 0 Å². The molecule has 0 fully saturated rings. The third kappa shape index (κ3) is 8.82. The molecule has 0 spiro atoms. The molecule has 0 aromatic rings. The molecule has 0 atom stereocenters. The van der Waals surface area contributed by atoms with Gasteiger partial charge < -0.3 is 0 Å². The summed E-state index contributed by atoms with van der Waals surface area (Å²) in [5.41, 5.74) is -0.162. The zero-order valence-electron chi connectivity index (χ0n) is 12.9. The summed E-state index contributed by atoms with van der Waals surface area (Å²) in [7, 11) is 6.97. The summed E-state index contributed by atoms with van der Waals surface area (Å²) in [5, 5.41) is 0. The van der Waals surface area contributed by atoms with Gasteiger partial charge in [-0.25, -0.2) is 0 Å². The normalized spacial score (nSPS) is 13.4. The molecule has 0 heterocycles. The Balaban J connectivity index is 4.59. The summed E-state index contributed by atoms with van der Waals surface area (Å²) in [5.74, 6) is 0. The van der Waals surface area contributed by atoms with E-state index in [0.29, 0.717) is 0 Å². The first kappa shape index (κ1) is 18.8. The topological polar surface area (TPSA) is 9.23 Å². The molecule has 0 aliphatic carbocycles. The van der Waals surface area contributed by atoms with Crippen LogP contribution in [0.25, 0.3) is 0 Å². The van der Waals surface area contributed by atoms with Gasteiger partial charge in [0.2, 0.25) is 0 Å². The van der Waals surface area contributed by atoms with E-state index in [1.807, 2.05) is 6.92 Å². The van der Waals surface area contributed by atoms with E-state index in [0.717, 1.165) is 6.61 Å². The van der Waals surface area contributed by atoms with Crippen LogP contribution in [0.2, 0.25) is 8.87 Å². The fraction of sp³-hybridized carbons (Fsp3) is 0.867. The predicted octanol–water partition coefficient (Wildman–Crippen LogP) is 5.68. The number of hydrogen-bond donors (Lipinski definition) is 0. The van der Waals surface area contributed by atoms with Crippen molar-refractivity contribution in [2.75, 3.05) is 6.61 Å². The Bertz CT molecular complexity index is 231. The van der Waals surface area contributed by atoms with Gasteiger partial charge in [0.15, 0.2) is 0 Å². The van der Waals surface area contributed by atoms with Gasteiger partial charge in [0.1, 0.15) is 0 Å². The van der Waals surface area contributed by atoms with Gasteiger partial charge in [-0.3, -0.25) is 0 Å². The average Bonchev–Trinajstić information content (AvgIpc) is 2.32. The molecule has 0 radical (unpaired) electrons. The van der Waals surface area contributed by atoms with Gasteiger partial charge in [-0.05, 0) is 0 Å². The number of unbranched alkanes of at least 4 members (excludes halogenated alkanes) is 2. The Hall–Kier alpha value is 0.789. The standard InChI is InChI=1S/C7H13O.2C4H9.ClH.Sn/c1-5-7(3,4)8-6-2;2*1-3-4-2;;/h1,5H,6H2,2-4H3;2*1,3-4H2,2H3;1H;/q;;;;+1/p-1. The van der Waals surface area contributed by atoms with E-state index in [9.17, 15) is 0 Å². The van der Waals surface area contributed by atoms with E-state index in [4.69, 9.17) is 13.7 Å². The summed E-state index contributed by atoms with van der Waals surface area (Å²) in [6.45, 7) is 11.5. The van der Waals surface area contributed by atoms with Gasteiger partial charge in [0.25, 0.3) is 0 Å². The van der Waals surface area contributed by atoms with Crippen LogP contribution in [-0.2, 0) is 4.74 Å². The zero-order chi connectivity index (χ0) is 14.1. The van der Waals surface area contributed by atoms with Crippen LogP contribution >= 0.6 is 8.92 Å². The molecule has 0 saturated heterocycles. The Morgan fingerprint density at radius 2 is 1.56 bits per heavy atom. The molecule has 18 heavy (non-hydrogen) atoms. The summed E-state index contributed by atoms with van der Waals surface area (Å²) in [6.07, 6.45) is 7.29. The Morgan fingerprint density at radius 3 is 1.94 bits per heavy atom. The van der Waals surface area contributed by atoms with Crippen LogP contribution in [0.3, 0.4) is 0 Å². The first-order valence-electron chi connectivity index (χ1n) is 7.42. The van der Waals surface area contributed by atoms with Crippen LogP contribution in [0.5, 0.6) is 0 Å². The molecule has 1 nitrogen and oxygen atoms in total. The van der Waals surface area contributed by atoms with Crippen LogP contribution in [0.15, 0.2) is 10.2 Å². The fourth-order valence-corrected chi connectivity index (χ4v) is 13.3. The molecular formula is C15H31ClOSn. The first-order valence-corrected chi connectivity index (χ1v) is 16.7. The van der Waals surface area contributed by atoms with Gasteiger partial charge in [-0.1, -0.05) is 0 Å². The second kappa shape index (κ2) is 9.65. The van der Waals surface area contributed by atoms with Gasteiger partial charge in [0, 0.05) is 0 Å². The molecule has 0 aliphatic rings. The van der Waals surface area contributed by atoms with E-state index >= 15 is 0 Å². The number of halogens is 1. The molecule has 0 amide bonds. The molecule has 0 unspecified atom stereocenters. The van der Waals surface area contributed by atoms with Crippen molar-refractivity contribution in [2.24, 2.45) is 0 Å². The fourth-order valence-electron chi connectivity index (χ4n) is 2.00. The van der Waals surface area contributed by atoms with E-state index in [1.165, 1.54) is 34.6 Å². The minimum atomic E-state index is -2.51. The molecule has 0 N–H and O–H groups in total. The maximum atomic E-state index is 6.97. The van der Waals surface area contributed by atoms with E-state index in [-0.39, 0.29) is 5.60 Å². The third-order valence-corrected chi connectivity index (χ3v) is 15.5. The van der Waals surface area contributed by atoms with Crippen molar-refractivity contribution in [1.29, 1.82) is 0 Å². The van der Waals surface area contributed by atoms with Gasteiger partial charge >= 0.3 is 122 Å². The Labute approximate surface area is 122 Å². The number of rotatable bonds is 10. The van der Waals surface area contributed by atoms with Crippen molar-refractivity contribution < 1.29 is 4.74 Å². The van der Waals surface area contributed by atoms with Crippen molar-refractivity contribution in [2.45, 2.75) is 74.8 Å². The van der Waals surface area contributed by atoms with Crippen LogP contribution in [0.4, 0.5) is 0 Å². The average molecular weight is 382 g/mol. The van der Waals surface area contributed by atoms with E-state index < -0.39 is 17.3 Å². The van der Waals surface area contributed by atoms with Crippen LogP contribution in [-0.4, -0.2) is 29.5 Å². The molecule has 3 heteroatoms. The van der Waals surface area contributed by atoms with Crippen molar-refractivity contribution >= 4 is 26.2 Å². The van der Waals surface area contributed by atoms with Crippen LogP contribution < -0.4 is 0 Å². The summed E-state index contributed by atoms with van der Waals surface area (Å²) in [4.78, 5) is 0. The molecule has 108 valence electrons. The predicted molar refractivity (Wildman–Crippen MR) is 85.9 cm³/mol. The molecule has 0 bridgehead atoms. The summed E-state index contributed by atoms with van der Waals surface area (Å²) in [6, 6.07) is 0. The molecule has 0 rings (SSSR count). The SMILES string of the molecule is CCC[CH2][Sn]([Cl])(/[CH]=C\C(C)(C)OCC)[CH2]CCC. The second-order valence-electron chi connectivity index (χ2n) is 5.61. The second-order valence-corrected chi connectivity index (χ2v) is 20.4. The van der Waals surface area contributed by atoms with Crippen molar-refractivity contribution in [3.05, 3.63) is 10.2 Å². The summed E-state index contributed by atoms with van der Waals surface area (Å²) >= 11 is -2.51. The van der Waals surface area contributed by atoms with Crippen molar-refractivity contribution in [3.63, 3.8) is 0 Å². The van der Waals surface area contributed by atoms with Gasteiger partial charge in [-0.2, -0.15) is 0 Å². The minimum absolute atomic E-state index is 0.162. The van der Waals surface area contributed by atoms with Crippen LogP contribution in [0, 0.1) is 0 Å². The number of hydrogen-bond acceptors (Lipinski definition) is 1. The summed E-state index contributed by atoms with van der Waals surface area (Å²) < 4.78 is 10.6. The Morgan fingerprint density at radius 1 is 1.06 bits per heavy atom. The molecule has 0 aliphatic heterocycles. The Kier molecular flexibility index (Phi) is 10.1. The van der Waals surface area contributed by atoms with Gasteiger partial charge in [-0.15, -0.1) is 0 Å².